The predicted molar refractivity (Wildman–Crippen MR) is 103 cm³/mol. The Balaban J connectivity index is 2.18. The summed E-state index contributed by atoms with van der Waals surface area (Å²) in [6, 6.07) is 7.79. The van der Waals surface area contributed by atoms with E-state index in [1.54, 1.807) is 18.3 Å². The average Bonchev–Trinajstić information content (AvgIpc) is 2.67. The van der Waals surface area contributed by atoms with E-state index >= 15 is 0 Å². The summed E-state index contributed by atoms with van der Waals surface area (Å²) >= 11 is 0. The van der Waals surface area contributed by atoms with Crippen LogP contribution in [-0.2, 0) is 0 Å². The third kappa shape index (κ3) is 3.43. The number of hydrogen-bond acceptors (Lipinski definition) is 7. The Morgan fingerprint density at radius 2 is 1.57 bits per heavy atom. The quantitative estimate of drug-likeness (QED) is 0.556. The molecule has 0 saturated heterocycles. The van der Waals surface area contributed by atoms with Crippen molar-refractivity contribution < 1.29 is 14.8 Å². The Labute approximate surface area is 158 Å². The lowest BCUT2D eigenvalue weighted by Gasteiger charge is -2.26. The molecule has 0 saturated carbocycles. The lowest BCUT2D eigenvalue weighted by Crippen LogP contribution is -2.19. The van der Waals surface area contributed by atoms with Gasteiger partial charge in [-0.15, -0.1) is 0 Å². The summed E-state index contributed by atoms with van der Waals surface area (Å²) in [5.41, 5.74) is 1.06. The number of nitrogens with zero attached hydrogens (tertiary/aromatic N) is 4. The van der Waals surface area contributed by atoms with Crippen molar-refractivity contribution in [2.75, 3.05) is 11.4 Å². The fraction of sp³-hybridized carbons (Fsp3) is 0.111. The van der Waals surface area contributed by atoms with E-state index in [4.69, 9.17) is 0 Å². The minimum Gasteiger partial charge on any atom is -0.348 e. The van der Waals surface area contributed by atoms with Crippen LogP contribution < -0.4 is 4.90 Å². The molecule has 10 nitrogen and oxygen atoms in total. The topological polar surface area (TPSA) is 133 Å². The van der Waals surface area contributed by atoms with Crippen molar-refractivity contribution in [3.05, 3.63) is 90.1 Å². The van der Waals surface area contributed by atoms with Gasteiger partial charge in [0.1, 0.15) is 0 Å². The Hall–Kier alpha value is -4.08. The zero-order chi connectivity index (χ0) is 20.4. The zero-order valence-corrected chi connectivity index (χ0v) is 14.6. The number of anilines is 1. The first-order chi connectivity index (χ1) is 13.3. The lowest BCUT2D eigenvalue weighted by atomic mass is 9.96. The van der Waals surface area contributed by atoms with Crippen LogP contribution >= 0.6 is 0 Å². The van der Waals surface area contributed by atoms with Gasteiger partial charge in [0.05, 0.1) is 26.4 Å². The molecule has 0 atom stereocenters. The number of benzene rings is 2. The fourth-order valence-electron chi connectivity index (χ4n) is 2.95. The van der Waals surface area contributed by atoms with Crippen LogP contribution in [0.3, 0.4) is 0 Å². The van der Waals surface area contributed by atoms with Crippen LogP contribution in [0.1, 0.15) is 18.1 Å². The molecule has 0 unspecified atom stereocenters. The van der Waals surface area contributed by atoms with Gasteiger partial charge in [-0.05, 0) is 36.8 Å². The highest BCUT2D eigenvalue weighted by Gasteiger charge is 2.22. The fourth-order valence-corrected chi connectivity index (χ4v) is 2.95. The minimum absolute atomic E-state index is 0.103. The molecule has 0 amide bonds. The monoisotopic (exact) mass is 382 g/mol. The second-order valence-electron chi connectivity index (χ2n) is 5.92. The first-order valence-electron chi connectivity index (χ1n) is 8.20. The Morgan fingerprint density at radius 1 is 0.929 bits per heavy atom. The number of hydrogen-bond donors (Lipinski definition) is 0. The molecule has 3 rings (SSSR count). The highest BCUT2D eigenvalue weighted by atomic mass is 16.6. The van der Waals surface area contributed by atoms with Crippen LogP contribution in [0.5, 0.6) is 0 Å². The Morgan fingerprint density at radius 3 is 2.18 bits per heavy atom. The van der Waals surface area contributed by atoms with Gasteiger partial charge < -0.3 is 4.90 Å². The number of non-ortho nitro benzene ring substituents is 2. The number of rotatable bonds is 5. The van der Waals surface area contributed by atoms with Crippen LogP contribution in [0.25, 0.3) is 11.6 Å². The summed E-state index contributed by atoms with van der Waals surface area (Å²) < 4.78 is 0. The SMILES string of the molecule is CCN1C=C/C(=C\c2ccc([N+](=O)[O-])cc2[N+](=O)[O-])c2cc([N+](=O)[O-])ccc21. The maximum atomic E-state index is 11.4. The highest BCUT2D eigenvalue weighted by molar-refractivity contribution is 5.96. The maximum absolute atomic E-state index is 11.4. The van der Waals surface area contributed by atoms with Gasteiger partial charge in [-0.1, -0.05) is 0 Å². The number of allylic oxidation sites excluding steroid dienone is 2. The molecule has 0 aliphatic carbocycles. The van der Waals surface area contributed by atoms with Crippen LogP contribution in [0.4, 0.5) is 22.7 Å². The summed E-state index contributed by atoms with van der Waals surface area (Å²) in [4.78, 5) is 33.4. The zero-order valence-electron chi connectivity index (χ0n) is 14.6. The number of fused-ring (bicyclic) bond motifs is 1. The molecular weight excluding hydrogens is 368 g/mol. The van der Waals surface area contributed by atoms with Crippen molar-refractivity contribution in [1.82, 2.24) is 0 Å². The molecule has 1 aliphatic heterocycles. The van der Waals surface area contributed by atoms with Gasteiger partial charge >= 0.3 is 0 Å². The van der Waals surface area contributed by atoms with E-state index < -0.39 is 20.5 Å². The molecule has 0 radical (unpaired) electrons. The molecule has 0 bridgehead atoms. The van der Waals surface area contributed by atoms with Gasteiger partial charge in [0.15, 0.2) is 0 Å². The van der Waals surface area contributed by atoms with E-state index in [1.165, 1.54) is 30.3 Å². The molecule has 1 aliphatic rings. The summed E-state index contributed by atoms with van der Waals surface area (Å²) in [7, 11) is 0. The summed E-state index contributed by atoms with van der Waals surface area (Å²) in [6.07, 6.45) is 4.96. The first-order valence-corrected chi connectivity index (χ1v) is 8.20. The third-order valence-electron chi connectivity index (χ3n) is 4.32. The van der Waals surface area contributed by atoms with E-state index in [1.807, 2.05) is 11.8 Å². The third-order valence-corrected chi connectivity index (χ3v) is 4.32. The summed E-state index contributed by atoms with van der Waals surface area (Å²) in [5, 5.41) is 33.4. The largest absolute Gasteiger partial charge is 0.348 e. The smallest absolute Gasteiger partial charge is 0.283 e. The van der Waals surface area contributed by atoms with Gasteiger partial charge in [-0.3, -0.25) is 30.3 Å². The van der Waals surface area contributed by atoms with Crippen LogP contribution in [0.2, 0.25) is 0 Å². The highest BCUT2D eigenvalue weighted by Crippen LogP contribution is 2.37. The van der Waals surface area contributed by atoms with Crippen molar-refractivity contribution in [2.24, 2.45) is 0 Å². The van der Waals surface area contributed by atoms with Crippen LogP contribution in [0.15, 0.2) is 48.7 Å². The van der Waals surface area contributed by atoms with E-state index in [9.17, 15) is 30.3 Å². The average molecular weight is 382 g/mol. The number of nitro groups is 3. The maximum Gasteiger partial charge on any atom is 0.283 e. The number of nitro benzene ring substituents is 3. The molecule has 0 N–H and O–H groups in total. The standard InChI is InChI=1S/C18H14N4O6/c1-2-19-8-7-12(16-10-14(20(23)24)5-6-17(16)19)9-13-3-4-15(21(25)26)11-18(13)22(27)28/h3-11H,2H2,1H3/b12-9+. The molecule has 0 aromatic heterocycles. The molecule has 142 valence electrons. The summed E-state index contributed by atoms with van der Waals surface area (Å²) in [5.74, 6) is 0. The molecule has 2 aromatic carbocycles. The van der Waals surface area contributed by atoms with Gasteiger partial charge in [0.25, 0.3) is 17.1 Å². The van der Waals surface area contributed by atoms with Crippen molar-refractivity contribution in [3.63, 3.8) is 0 Å². The Bertz CT molecular complexity index is 1060. The van der Waals surface area contributed by atoms with E-state index in [0.717, 1.165) is 11.8 Å². The first kappa shape index (κ1) is 18.7. The normalized spacial score (nSPS) is 14.0. The predicted octanol–water partition coefficient (Wildman–Crippen LogP) is 4.31. The molecule has 10 heteroatoms. The van der Waals surface area contributed by atoms with Crippen molar-refractivity contribution in [1.29, 1.82) is 0 Å². The molecule has 0 fully saturated rings. The molecule has 2 aromatic rings. The van der Waals surface area contributed by atoms with Crippen LogP contribution in [0, 0.1) is 30.3 Å². The summed E-state index contributed by atoms with van der Waals surface area (Å²) in [6.45, 7) is 2.55. The van der Waals surface area contributed by atoms with E-state index in [0.29, 0.717) is 17.7 Å². The Kier molecular flexibility index (Phi) is 4.86. The van der Waals surface area contributed by atoms with Crippen molar-refractivity contribution >= 4 is 34.4 Å². The van der Waals surface area contributed by atoms with Gasteiger partial charge in [0.2, 0.25) is 0 Å². The second-order valence-corrected chi connectivity index (χ2v) is 5.92. The van der Waals surface area contributed by atoms with Gasteiger partial charge in [-0.25, -0.2) is 0 Å². The minimum atomic E-state index is -0.706. The molecule has 28 heavy (non-hydrogen) atoms. The lowest BCUT2D eigenvalue weighted by molar-refractivity contribution is -0.394. The molecular formula is C18H14N4O6. The van der Waals surface area contributed by atoms with Crippen molar-refractivity contribution in [3.8, 4) is 0 Å². The van der Waals surface area contributed by atoms with E-state index in [2.05, 4.69) is 0 Å². The molecule has 1 heterocycles. The van der Waals surface area contributed by atoms with Gasteiger partial charge in [0, 0.05) is 42.2 Å². The van der Waals surface area contributed by atoms with E-state index in [-0.39, 0.29) is 16.9 Å². The second kappa shape index (κ2) is 7.27. The molecule has 0 spiro atoms. The van der Waals surface area contributed by atoms with Gasteiger partial charge in [-0.2, -0.15) is 0 Å². The van der Waals surface area contributed by atoms with Crippen molar-refractivity contribution in [2.45, 2.75) is 6.92 Å². The van der Waals surface area contributed by atoms with Crippen LogP contribution in [-0.4, -0.2) is 21.3 Å².